The van der Waals surface area contributed by atoms with Crippen LogP contribution in [0.2, 0.25) is 0 Å². The number of para-hydroxylation sites is 1. The fourth-order valence-electron chi connectivity index (χ4n) is 0.889. The first kappa shape index (κ1) is 8.40. The molecule has 0 spiro atoms. The molecule has 0 bridgehead atoms. The van der Waals surface area contributed by atoms with Crippen LogP contribution in [0.1, 0.15) is 0 Å². The second-order valence-electron chi connectivity index (χ2n) is 2.34. The van der Waals surface area contributed by atoms with Crippen molar-refractivity contribution in [1.29, 1.82) is 0 Å². The molecule has 0 aliphatic heterocycles. The Bertz CT molecular complexity index is 435. The zero-order valence-corrected chi connectivity index (χ0v) is 8.19. The Hall–Kier alpha value is -1.20. The van der Waals surface area contributed by atoms with Crippen LogP contribution in [0, 0.1) is 0 Å². The highest BCUT2D eigenvalue weighted by Crippen LogP contribution is 2.18. The molecule has 1 heterocycles. The Morgan fingerprint density at radius 2 is 1.92 bits per heavy atom. The van der Waals surface area contributed by atoms with E-state index in [1.165, 1.54) is 10.3 Å². The average Bonchev–Trinajstić information content (AvgIpc) is 2.53. The smallest absolute Gasteiger partial charge is 0.331 e. The first-order valence-corrected chi connectivity index (χ1v) is 5.79. The van der Waals surface area contributed by atoms with Crippen LogP contribution in [0.15, 0.2) is 35.1 Å². The van der Waals surface area contributed by atoms with Gasteiger partial charge in [0.05, 0.1) is 0 Å². The fourth-order valence-corrected chi connectivity index (χ4v) is 2.30. The highest BCUT2D eigenvalue weighted by Gasteiger charge is 1.98. The summed E-state index contributed by atoms with van der Waals surface area (Å²) in [4.78, 5) is 14.4. The first-order valence-electron chi connectivity index (χ1n) is 3.64. The molecule has 1 aromatic carbocycles. The van der Waals surface area contributed by atoms with Crippen LogP contribution in [0.3, 0.4) is 0 Å². The van der Waals surface area contributed by atoms with Gasteiger partial charge in [0.2, 0.25) is 5.13 Å². The van der Waals surface area contributed by atoms with Crippen molar-refractivity contribution in [2.24, 2.45) is 0 Å². The summed E-state index contributed by atoms with van der Waals surface area (Å²) in [5.74, 6) is 0. The van der Waals surface area contributed by atoms with Crippen molar-refractivity contribution in [2.75, 3.05) is 5.32 Å². The maximum Gasteiger partial charge on any atom is 0.338 e. The normalized spacial score (nSPS) is 9.85. The van der Waals surface area contributed by atoms with Crippen molar-refractivity contribution in [2.45, 2.75) is 0 Å². The lowest BCUT2D eigenvalue weighted by molar-refractivity contribution is 1.34. The van der Waals surface area contributed by atoms with Crippen LogP contribution in [0.5, 0.6) is 0 Å². The summed E-state index contributed by atoms with van der Waals surface area (Å²) >= 11 is 0. The molecule has 1 aromatic heterocycles. The van der Waals surface area contributed by atoms with Crippen molar-refractivity contribution >= 4 is 31.5 Å². The van der Waals surface area contributed by atoms with Crippen molar-refractivity contribution in [3.05, 3.63) is 40.0 Å². The van der Waals surface area contributed by atoms with Gasteiger partial charge in [0.1, 0.15) is 0 Å². The number of nitrogens with zero attached hydrogens (tertiary/aromatic N) is 1. The van der Waals surface area contributed by atoms with Gasteiger partial charge in [-0.3, -0.25) is 4.79 Å². The molecule has 66 valence electrons. The lowest BCUT2D eigenvalue weighted by Gasteiger charge is -1.98. The molecule has 0 fully saturated rings. The predicted molar refractivity (Wildman–Crippen MR) is 56.0 cm³/mol. The molecule has 3 nitrogen and oxygen atoms in total. The summed E-state index contributed by atoms with van der Waals surface area (Å²) in [6.45, 7) is 0. The lowest BCUT2D eigenvalue weighted by atomic mass is 10.3. The van der Waals surface area contributed by atoms with E-state index in [1.54, 1.807) is 0 Å². The van der Waals surface area contributed by atoms with Gasteiger partial charge in [-0.05, 0) is 32.8 Å². The Morgan fingerprint density at radius 3 is 2.54 bits per heavy atom. The van der Waals surface area contributed by atoms with E-state index in [4.69, 9.17) is 0 Å². The zero-order valence-electron chi connectivity index (χ0n) is 6.56. The van der Waals surface area contributed by atoms with Gasteiger partial charge in [-0.2, -0.15) is 4.98 Å². The van der Waals surface area contributed by atoms with Crippen molar-refractivity contribution in [1.82, 2.24) is 4.98 Å². The monoisotopic (exact) mass is 210 g/mol. The summed E-state index contributed by atoms with van der Waals surface area (Å²) in [7, 11) is 2.49. The maximum atomic E-state index is 10.8. The summed E-state index contributed by atoms with van der Waals surface area (Å²) in [5.41, 5.74) is 0.948. The lowest BCUT2D eigenvalue weighted by Crippen LogP contribution is -1.95. The Kier molecular flexibility index (Phi) is 2.37. The third-order valence-corrected chi connectivity index (χ3v) is 3.23. The van der Waals surface area contributed by atoms with Gasteiger partial charge in [-0.1, -0.05) is 18.2 Å². The third-order valence-electron chi connectivity index (χ3n) is 1.41. The van der Waals surface area contributed by atoms with E-state index in [0.29, 0.717) is 5.13 Å². The number of rotatable bonds is 2. The van der Waals surface area contributed by atoms with Crippen molar-refractivity contribution in [3.63, 3.8) is 0 Å². The van der Waals surface area contributed by atoms with Gasteiger partial charge in [0.15, 0.2) is 0 Å². The topological polar surface area (TPSA) is 42.0 Å². The minimum atomic E-state index is -0.150. The fraction of sp³-hybridized carbons (Fsp3) is 0. The molecule has 13 heavy (non-hydrogen) atoms. The summed E-state index contributed by atoms with van der Waals surface area (Å²) in [6, 6.07) is 9.65. The van der Waals surface area contributed by atoms with E-state index in [-0.39, 0.29) is 4.87 Å². The van der Waals surface area contributed by atoms with Crippen molar-refractivity contribution in [3.8, 4) is 0 Å². The summed E-state index contributed by atoms with van der Waals surface area (Å²) in [5, 5.41) is 3.70. The predicted octanol–water partition coefficient (Wildman–Crippen LogP) is 2.31. The van der Waals surface area contributed by atoms with Crippen LogP contribution >= 0.6 is 20.7 Å². The maximum absolute atomic E-state index is 10.8. The molecule has 0 amide bonds. The van der Waals surface area contributed by atoms with Crippen LogP contribution in [0.4, 0.5) is 10.8 Å². The molecular formula is C8H6N2OS2. The minimum Gasteiger partial charge on any atom is -0.331 e. The standard InChI is InChI=1S/C8H6N2OS2/c11-8-10-7(12-13-8)9-6-4-2-1-3-5-6/h1-5H,(H,9,10,11). The Labute approximate surface area is 82.1 Å². The van der Waals surface area contributed by atoms with Gasteiger partial charge in [-0.25, -0.2) is 0 Å². The number of aromatic nitrogens is 1. The van der Waals surface area contributed by atoms with Gasteiger partial charge < -0.3 is 5.32 Å². The van der Waals surface area contributed by atoms with E-state index in [0.717, 1.165) is 16.0 Å². The molecule has 1 N–H and O–H groups in total. The number of benzene rings is 1. The molecule has 5 heteroatoms. The third kappa shape index (κ3) is 2.13. The number of hydrogen-bond donors (Lipinski definition) is 1. The Balaban J connectivity index is 2.20. The molecule has 2 aromatic rings. The van der Waals surface area contributed by atoms with Gasteiger partial charge in [0.25, 0.3) is 0 Å². The van der Waals surface area contributed by atoms with Crippen molar-refractivity contribution < 1.29 is 0 Å². The minimum absolute atomic E-state index is 0.150. The van der Waals surface area contributed by atoms with Gasteiger partial charge in [0, 0.05) is 5.69 Å². The molecular weight excluding hydrogens is 204 g/mol. The summed E-state index contributed by atoms with van der Waals surface area (Å²) in [6.07, 6.45) is 0. The van der Waals surface area contributed by atoms with Crippen LogP contribution < -0.4 is 10.2 Å². The van der Waals surface area contributed by atoms with E-state index in [9.17, 15) is 4.79 Å². The molecule has 0 aliphatic rings. The second-order valence-corrected chi connectivity index (χ2v) is 4.41. The number of anilines is 2. The van der Waals surface area contributed by atoms with Crippen LogP contribution in [-0.2, 0) is 0 Å². The van der Waals surface area contributed by atoms with E-state index < -0.39 is 0 Å². The molecule has 0 aliphatic carbocycles. The molecule has 0 saturated heterocycles. The number of hydrogen-bond acceptors (Lipinski definition) is 5. The second kappa shape index (κ2) is 3.68. The van der Waals surface area contributed by atoms with Gasteiger partial charge >= 0.3 is 4.87 Å². The summed E-state index contributed by atoms with van der Waals surface area (Å²) < 4.78 is 0. The molecule has 0 unspecified atom stereocenters. The molecule has 2 rings (SSSR count). The highest BCUT2D eigenvalue weighted by atomic mass is 32.9. The zero-order chi connectivity index (χ0) is 9.10. The van der Waals surface area contributed by atoms with E-state index in [1.807, 2.05) is 30.3 Å². The number of nitrogens with one attached hydrogen (secondary N) is 1. The van der Waals surface area contributed by atoms with E-state index >= 15 is 0 Å². The average molecular weight is 210 g/mol. The van der Waals surface area contributed by atoms with Gasteiger partial charge in [-0.15, -0.1) is 0 Å². The molecule has 0 radical (unpaired) electrons. The molecule has 0 atom stereocenters. The largest absolute Gasteiger partial charge is 0.338 e. The molecule has 0 saturated carbocycles. The quantitative estimate of drug-likeness (QED) is 0.773. The van der Waals surface area contributed by atoms with Crippen LogP contribution in [-0.4, -0.2) is 4.98 Å². The SMILES string of the molecule is O=c1nc(Nc2ccccc2)ss1. The highest BCUT2D eigenvalue weighted by molar-refractivity contribution is 7.69. The van der Waals surface area contributed by atoms with Crippen LogP contribution in [0.25, 0.3) is 0 Å². The van der Waals surface area contributed by atoms with E-state index in [2.05, 4.69) is 10.3 Å². The first-order chi connectivity index (χ1) is 6.34. The Morgan fingerprint density at radius 1 is 1.15 bits per heavy atom.